The first-order valence-electron chi connectivity index (χ1n) is 35.7. The maximum absolute atomic E-state index is 13.0. The predicted molar refractivity (Wildman–Crippen MR) is 354 cm³/mol. The van der Waals surface area contributed by atoms with E-state index in [0.29, 0.717) is 37.5 Å². The number of aliphatic hydroxyl groups is 1. The van der Waals surface area contributed by atoms with Crippen molar-refractivity contribution in [2.24, 2.45) is 23.7 Å². The fourth-order valence-electron chi connectivity index (χ4n) is 10.3. The Morgan fingerprint density at radius 2 is 0.545 bits per heavy atom. The first kappa shape index (κ1) is 86.1. The molecule has 0 aliphatic carbocycles. The molecule has 3 unspecified atom stereocenters. The molecule has 0 aromatic rings. The van der Waals surface area contributed by atoms with Crippen molar-refractivity contribution in [2.45, 2.75) is 356 Å². The molecule has 0 aromatic carbocycles. The lowest BCUT2D eigenvalue weighted by Gasteiger charge is -2.21. The van der Waals surface area contributed by atoms with Crippen LogP contribution in [0.25, 0.3) is 0 Å². The summed E-state index contributed by atoms with van der Waals surface area (Å²) >= 11 is 0. The highest BCUT2D eigenvalue weighted by Crippen LogP contribution is 2.45. The minimum atomic E-state index is -4.95. The fraction of sp³-hybridized carbons (Fsp3) is 0.942. The van der Waals surface area contributed by atoms with E-state index in [1.165, 1.54) is 135 Å². The van der Waals surface area contributed by atoms with Crippen molar-refractivity contribution < 1.29 is 80.2 Å². The van der Waals surface area contributed by atoms with Crippen LogP contribution in [0.1, 0.15) is 338 Å². The second-order valence-corrected chi connectivity index (χ2v) is 29.5. The minimum Gasteiger partial charge on any atom is -0.462 e. The molecule has 0 spiro atoms. The smallest absolute Gasteiger partial charge is 0.462 e. The normalized spacial score (nSPS) is 14.6. The van der Waals surface area contributed by atoms with Gasteiger partial charge >= 0.3 is 39.5 Å². The van der Waals surface area contributed by atoms with Gasteiger partial charge in [0.2, 0.25) is 0 Å². The standard InChI is InChI=1S/C69H134O17P2/c1-9-62(8)48-40-32-23-16-14-12-10-11-13-15-17-24-33-41-49-66(71)79-55-64(86-69(74)52-44-36-26-20-22-30-38-46-60(4)5)57-83-87(75,76)81-53-63(70)54-82-88(77,78)84-58-65(56-80-67(72)50-42-34-28-27-31-39-47-61(6)7)85-68(73)51-43-35-25-19-18-21-29-37-45-59(2)3/h59-65,70H,9-58H2,1-8H3,(H,75,76)(H,77,78)/t62?,63-,64-,65-/m1/s1. The first-order chi connectivity index (χ1) is 42.1. The van der Waals surface area contributed by atoms with Gasteiger partial charge in [-0.15, -0.1) is 0 Å². The first-order valence-corrected chi connectivity index (χ1v) is 38.7. The molecule has 0 aliphatic rings. The molecule has 0 heterocycles. The molecule has 0 fully saturated rings. The quantitative estimate of drug-likeness (QED) is 0.0222. The van der Waals surface area contributed by atoms with Gasteiger partial charge in [0.1, 0.15) is 19.3 Å². The molecule has 0 bridgehead atoms. The lowest BCUT2D eigenvalue weighted by atomic mass is 9.99. The molecule has 0 saturated heterocycles. The number of phosphoric acid groups is 2. The second-order valence-electron chi connectivity index (χ2n) is 26.6. The van der Waals surface area contributed by atoms with Gasteiger partial charge in [-0.1, -0.05) is 287 Å². The highest BCUT2D eigenvalue weighted by Gasteiger charge is 2.30. The third-order valence-corrected chi connectivity index (χ3v) is 18.1. The van der Waals surface area contributed by atoms with E-state index in [2.05, 4.69) is 55.4 Å². The molecule has 19 heteroatoms. The van der Waals surface area contributed by atoms with E-state index < -0.39 is 97.5 Å². The number of esters is 4. The number of phosphoric ester groups is 2. The zero-order valence-electron chi connectivity index (χ0n) is 57.3. The summed E-state index contributed by atoms with van der Waals surface area (Å²) < 4.78 is 68.1. The molecule has 0 radical (unpaired) electrons. The number of ether oxygens (including phenoxy) is 4. The van der Waals surface area contributed by atoms with E-state index in [1.807, 2.05) is 0 Å². The van der Waals surface area contributed by atoms with Crippen LogP contribution in [0.15, 0.2) is 0 Å². The van der Waals surface area contributed by atoms with E-state index in [1.54, 1.807) is 0 Å². The van der Waals surface area contributed by atoms with Crippen molar-refractivity contribution >= 4 is 39.5 Å². The highest BCUT2D eigenvalue weighted by atomic mass is 31.2. The van der Waals surface area contributed by atoms with Gasteiger partial charge in [0.25, 0.3) is 0 Å². The van der Waals surface area contributed by atoms with Crippen molar-refractivity contribution in [3.63, 3.8) is 0 Å². The Bertz CT molecular complexity index is 1750. The Kier molecular flexibility index (Phi) is 57.6. The van der Waals surface area contributed by atoms with Crippen LogP contribution < -0.4 is 0 Å². The van der Waals surface area contributed by atoms with Gasteiger partial charge in [0.15, 0.2) is 12.2 Å². The van der Waals surface area contributed by atoms with Gasteiger partial charge in [-0.25, -0.2) is 9.13 Å². The molecule has 6 atom stereocenters. The second kappa shape index (κ2) is 58.8. The number of carbonyl (C=O) groups is 4. The summed E-state index contributed by atoms with van der Waals surface area (Å²) in [6.45, 7) is 14.0. The third kappa shape index (κ3) is 61.6. The van der Waals surface area contributed by atoms with Crippen LogP contribution in [0.3, 0.4) is 0 Å². The van der Waals surface area contributed by atoms with Crippen LogP contribution in [-0.4, -0.2) is 96.7 Å². The fourth-order valence-corrected chi connectivity index (χ4v) is 11.9. The summed E-state index contributed by atoms with van der Waals surface area (Å²) in [4.78, 5) is 72.4. The summed E-state index contributed by atoms with van der Waals surface area (Å²) in [5.74, 6) is 0.807. The molecule has 88 heavy (non-hydrogen) atoms. The molecular weight excluding hydrogens is 1160 g/mol. The molecule has 17 nitrogen and oxygen atoms in total. The summed E-state index contributed by atoms with van der Waals surface area (Å²) in [5.41, 5.74) is 0. The maximum Gasteiger partial charge on any atom is 0.472 e. The lowest BCUT2D eigenvalue weighted by Crippen LogP contribution is -2.30. The molecular formula is C69H134O17P2. The van der Waals surface area contributed by atoms with Gasteiger partial charge in [-0.3, -0.25) is 37.3 Å². The molecule has 0 aromatic heterocycles. The van der Waals surface area contributed by atoms with Gasteiger partial charge < -0.3 is 33.8 Å². The minimum absolute atomic E-state index is 0.103. The Labute approximate surface area is 537 Å². The van der Waals surface area contributed by atoms with Crippen molar-refractivity contribution in [2.75, 3.05) is 39.6 Å². The zero-order valence-corrected chi connectivity index (χ0v) is 59.1. The predicted octanol–water partition coefficient (Wildman–Crippen LogP) is 19.3. The summed E-state index contributed by atoms with van der Waals surface area (Å²) in [7, 11) is -9.90. The molecule has 0 saturated carbocycles. The maximum atomic E-state index is 13.0. The monoisotopic (exact) mass is 1300 g/mol. The van der Waals surface area contributed by atoms with Crippen molar-refractivity contribution in [1.82, 2.24) is 0 Å². The topological polar surface area (TPSA) is 237 Å². The SMILES string of the molecule is CCC(C)CCCCCCCCCCCCCCCCC(=O)OC[C@H](COP(=O)(O)OC[C@@H](O)COP(=O)(O)OC[C@@H](COC(=O)CCCCCCCCC(C)C)OC(=O)CCCCCCCCCCC(C)C)OC(=O)CCCCCCCCCC(C)C. The van der Waals surface area contributed by atoms with Crippen LogP contribution >= 0.6 is 15.6 Å². The van der Waals surface area contributed by atoms with Gasteiger partial charge in [0.05, 0.1) is 26.4 Å². The summed E-state index contributed by atoms with van der Waals surface area (Å²) in [6.07, 6.45) is 40.6. The average Bonchev–Trinajstić information content (AvgIpc) is 3.65. The Morgan fingerprint density at radius 1 is 0.318 bits per heavy atom. The van der Waals surface area contributed by atoms with Crippen LogP contribution in [0.5, 0.6) is 0 Å². The molecule has 3 N–H and O–H groups in total. The number of rotatable bonds is 66. The number of carbonyl (C=O) groups excluding carboxylic acids is 4. The van der Waals surface area contributed by atoms with E-state index >= 15 is 0 Å². The number of aliphatic hydroxyl groups excluding tert-OH is 1. The Morgan fingerprint density at radius 3 is 0.807 bits per heavy atom. The van der Waals surface area contributed by atoms with Crippen molar-refractivity contribution in [3.05, 3.63) is 0 Å². The van der Waals surface area contributed by atoms with Gasteiger partial charge in [-0.05, 0) is 49.4 Å². The number of hydrogen-bond acceptors (Lipinski definition) is 15. The summed E-state index contributed by atoms with van der Waals surface area (Å²) in [6, 6.07) is 0. The largest absolute Gasteiger partial charge is 0.472 e. The van der Waals surface area contributed by atoms with Crippen LogP contribution in [-0.2, 0) is 65.4 Å². The van der Waals surface area contributed by atoms with Crippen molar-refractivity contribution in [1.29, 1.82) is 0 Å². The lowest BCUT2D eigenvalue weighted by molar-refractivity contribution is -0.161. The number of unbranched alkanes of at least 4 members (excludes halogenated alkanes) is 31. The van der Waals surface area contributed by atoms with Crippen LogP contribution in [0.4, 0.5) is 0 Å². The molecule has 0 amide bonds. The third-order valence-electron chi connectivity index (χ3n) is 16.2. The Balaban J connectivity index is 5.18. The molecule has 522 valence electrons. The van der Waals surface area contributed by atoms with Crippen LogP contribution in [0.2, 0.25) is 0 Å². The van der Waals surface area contributed by atoms with Gasteiger partial charge in [-0.2, -0.15) is 0 Å². The van der Waals surface area contributed by atoms with E-state index in [4.69, 9.17) is 37.0 Å². The molecule has 0 rings (SSSR count). The summed E-state index contributed by atoms with van der Waals surface area (Å²) in [5, 5.41) is 10.6. The van der Waals surface area contributed by atoms with Gasteiger partial charge in [0, 0.05) is 25.7 Å². The van der Waals surface area contributed by atoms with Crippen LogP contribution in [0, 0.1) is 23.7 Å². The van der Waals surface area contributed by atoms with E-state index in [0.717, 1.165) is 108 Å². The number of hydrogen-bond donors (Lipinski definition) is 3. The van der Waals surface area contributed by atoms with E-state index in [9.17, 15) is 43.2 Å². The average molecular weight is 1300 g/mol. The highest BCUT2D eigenvalue weighted by molar-refractivity contribution is 7.47. The molecule has 0 aliphatic heterocycles. The van der Waals surface area contributed by atoms with Crippen molar-refractivity contribution in [3.8, 4) is 0 Å². The Hall–Kier alpha value is -1.94. The van der Waals surface area contributed by atoms with E-state index in [-0.39, 0.29) is 25.7 Å². The zero-order chi connectivity index (χ0) is 65.4.